The number of nitrogens with zero attached hydrogens (tertiary/aromatic N) is 1. The zero-order valence-electron chi connectivity index (χ0n) is 23.4. The first kappa shape index (κ1) is 31.6. The molecule has 224 valence electrons. The van der Waals surface area contributed by atoms with E-state index in [1.165, 1.54) is 18.2 Å². The van der Waals surface area contributed by atoms with E-state index in [0.29, 0.717) is 26.4 Å². The van der Waals surface area contributed by atoms with Gasteiger partial charge in [0.25, 0.3) is 17.7 Å². The van der Waals surface area contributed by atoms with E-state index >= 15 is 0 Å². The molecule has 0 bridgehead atoms. The highest BCUT2D eigenvalue weighted by atomic mass is 16.5. The zero-order chi connectivity index (χ0) is 30.0. The van der Waals surface area contributed by atoms with Gasteiger partial charge in [0.15, 0.2) is 6.61 Å². The molecule has 2 heterocycles. The molecule has 1 aromatic carbocycles. The van der Waals surface area contributed by atoms with Gasteiger partial charge in [-0.1, -0.05) is 6.07 Å². The van der Waals surface area contributed by atoms with Gasteiger partial charge in [-0.2, -0.15) is 0 Å². The fourth-order valence-electron chi connectivity index (χ4n) is 3.98. The summed E-state index contributed by atoms with van der Waals surface area (Å²) >= 11 is 0. The number of ether oxygens (including phenoxy) is 4. The molecule has 0 aliphatic carbocycles. The Morgan fingerprint density at radius 3 is 2.17 bits per heavy atom. The van der Waals surface area contributed by atoms with Crippen molar-refractivity contribution in [3.63, 3.8) is 0 Å². The summed E-state index contributed by atoms with van der Waals surface area (Å²) in [5.41, 5.74) is -0.355. The number of hydrogen-bond donors (Lipinski definition) is 3. The zero-order valence-corrected chi connectivity index (χ0v) is 23.4. The Kier molecular flexibility index (Phi) is 11.3. The summed E-state index contributed by atoms with van der Waals surface area (Å²) in [4.78, 5) is 74.3. The van der Waals surface area contributed by atoms with Crippen molar-refractivity contribution in [1.29, 1.82) is 0 Å². The fraction of sp³-hybridized carbons (Fsp3) is 0.556. The van der Waals surface area contributed by atoms with E-state index in [0.717, 1.165) is 4.90 Å². The standard InChI is InChI=1S/C27H36N4O10/c1-27(2,3)41-16-22(34)29-10-12-39-14-13-38-11-9-28-21(33)15-40-19-6-4-5-17-23(19)26(37)31(25(17)36)18-7-8-20(32)30-24(18)35/h4-6,18H,7-16H2,1-3H3,(H,28,33)(H,29,34)(H,30,32,35). The van der Waals surface area contributed by atoms with E-state index < -0.39 is 42.2 Å². The maximum Gasteiger partial charge on any atom is 0.266 e. The second-order valence-electron chi connectivity index (χ2n) is 10.2. The van der Waals surface area contributed by atoms with Crippen LogP contribution in [0.5, 0.6) is 5.75 Å². The van der Waals surface area contributed by atoms with Crippen LogP contribution in [0, 0.1) is 0 Å². The number of fused-ring (bicyclic) bond motifs is 1. The van der Waals surface area contributed by atoms with Gasteiger partial charge in [0.05, 0.1) is 43.2 Å². The molecular weight excluding hydrogens is 540 g/mol. The third-order valence-electron chi connectivity index (χ3n) is 5.93. The molecule has 0 radical (unpaired) electrons. The molecule has 2 aliphatic rings. The van der Waals surface area contributed by atoms with Crippen molar-refractivity contribution in [2.24, 2.45) is 0 Å². The highest BCUT2D eigenvalue weighted by molar-refractivity contribution is 6.24. The van der Waals surface area contributed by atoms with Gasteiger partial charge in [0, 0.05) is 19.5 Å². The number of imide groups is 2. The first-order valence-electron chi connectivity index (χ1n) is 13.3. The average Bonchev–Trinajstić information content (AvgIpc) is 3.17. The van der Waals surface area contributed by atoms with Crippen molar-refractivity contribution >= 4 is 35.4 Å². The molecule has 14 nitrogen and oxygen atoms in total. The van der Waals surface area contributed by atoms with E-state index in [2.05, 4.69) is 16.0 Å². The summed E-state index contributed by atoms with van der Waals surface area (Å²) in [6.45, 7) is 6.89. The van der Waals surface area contributed by atoms with E-state index in [-0.39, 0.29) is 61.0 Å². The summed E-state index contributed by atoms with van der Waals surface area (Å²) in [6.07, 6.45) is 0.0484. The largest absolute Gasteiger partial charge is 0.483 e. The van der Waals surface area contributed by atoms with Crippen LogP contribution in [0.15, 0.2) is 18.2 Å². The second-order valence-corrected chi connectivity index (χ2v) is 10.2. The number of benzene rings is 1. The predicted octanol–water partition coefficient (Wildman–Crippen LogP) is -0.453. The molecule has 3 rings (SSSR count). The number of carbonyl (C=O) groups excluding carboxylic acids is 6. The molecule has 1 atom stereocenters. The molecule has 3 N–H and O–H groups in total. The predicted molar refractivity (Wildman–Crippen MR) is 142 cm³/mol. The van der Waals surface area contributed by atoms with Crippen molar-refractivity contribution in [2.45, 2.75) is 45.3 Å². The number of carbonyl (C=O) groups is 6. The Morgan fingerprint density at radius 1 is 0.927 bits per heavy atom. The topological polar surface area (TPSA) is 179 Å². The lowest BCUT2D eigenvalue weighted by molar-refractivity contribution is -0.136. The maximum atomic E-state index is 13.1. The maximum absolute atomic E-state index is 13.1. The van der Waals surface area contributed by atoms with E-state index in [9.17, 15) is 28.8 Å². The molecule has 0 saturated carbocycles. The SMILES string of the molecule is CC(C)(C)OCC(=O)NCCOCCOCCNC(=O)COc1cccc2c1C(=O)N(C1CCC(=O)NC1=O)C2=O. The molecule has 1 saturated heterocycles. The molecular formula is C27H36N4O10. The number of piperidine rings is 1. The van der Waals surface area contributed by atoms with Crippen LogP contribution >= 0.6 is 0 Å². The summed E-state index contributed by atoms with van der Waals surface area (Å²) in [5.74, 6) is -3.20. The Hall–Kier alpha value is -3.88. The Bertz CT molecular complexity index is 1160. The van der Waals surface area contributed by atoms with E-state index in [1.54, 1.807) is 0 Å². The molecule has 1 fully saturated rings. The van der Waals surface area contributed by atoms with Crippen molar-refractivity contribution in [2.75, 3.05) is 52.7 Å². The molecule has 0 aromatic heterocycles. The van der Waals surface area contributed by atoms with Crippen molar-refractivity contribution in [1.82, 2.24) is 20.9 Å². The van der Waals surface area contributed by atoms with Gasteiger partial charge in [-0.15, -0.1) is 0 Å². The minimum Gasteiger partial charge on any atom is -0.483 e. The summed E-state index contributed by atoms with van der Waals surface area (Å²) in [5, 5.41) is 7.45. The number of rotatable bonds is 15. The van der Waals surface area contributed by atoms with Gasteiger partial charge in [-0.25, -0.2) is 0 Å². The average molecular weight is 577 g/mol. The summed E-state index contributed by atoms with van der Waals surface area (Å²) in [7, 11) is 0. The molecule has 14 heteroatoms. The number of nitrogens with one attached hydrogen (secondary N) is 3. The van der Waals surface area contributed by atoms with Crippen molar-refractivity contribution in [3.05, 3.63) is 29.3 Å². The third kappa shape index (κ3) is 9.33. The van der Waals surface area contributed by atoms with Crippen LogP contribution in [0.3, 0.4) is 0 Å². The minimum atomic E-state index is -1.10. The van der Waals surface area contributed by atoms with Crippen LogP contribution in [-0.4, -0.2) is 105 Å². The summed E-state index contributed by atoms with van der Waals surface area (Å²) in [6, 6.07) is 3.31. The highest BCUT2D eigenvalue weighted by Gasteiger charge is 2.46. The molecule has 41 heavy (non-hydrogen) atoms. The van der Waals surface area contributed by atoms with Gasteiger partial charge in [-0.05, 0) is 39.3 Å². The van der Waals surface area contributed by atoms with Crippen LogP contribution in [0.4, 0.5) is 0 Å². The molecule has 2 aliphatic heterocycles. The van der Waals surface area contributed by atoms with E-state index in [4.69, 9.17) is 18.9 Å². The monoisotopic (exact) mass is 576 g/mol. The lowest BCUT2D eigenvalue weighted by Gasteiger charge is -2.27. The van der Waals surface area contributed by atoms with Gasteiger partial charge < -0.3 is 29.6 Å². The summed E-state index contributed by atoms with van der Waals surface area (Å²) < 4.78 is 21.7. The molecule has 0 spiro atoms. The Labute approximate surface area is 237 Å². The highest BCUT2D eigenvalue weighted by Crippen LogP contribution is 2.33. The van der Waals surface area contributed by atoms with Crippen LogP contribution in [0.1, 0.15) is 54.3 Å². The van der Waals surface area contributed by atoms with Gasteiger partial charge in [0.1, 0.15) is 18.4 Å². The molecule has 1 aromatic rings. The van der Waals surface area contributed by atoms with Crippen LogP contribution in [0.25, 0.3) is 0 Å². The van der Waals surface area contributed by atoms with Gasteiger partial charge in [0.2, 0.25) is 17.7 Å². The van der Waals surface area contributed by atoms with E-state index in [1.807, 2.05) is 20.8 Å². The third-order valence-corrected chi connectivity index (χ3v) is 5.93. The normalized spacial score (nSPS) is 16.9. The molecule has 6 amide bonds. The van der Waals surface area contributed by atoms with Crippen molar-refractivity contribution in [3.8, 4) is 5.75 Å². The minimum absolute atomic E-state index is 0.0118. The van der Waals surface area contributed by atoms with Gasteiger partial charge >= 0.3 is 0 Å². The van der Waals surface area contributed by atoms with Crippen molar-refractivity contribution < 1.29 is 47.7 Å². The number of hydrogen-bond acceptors (Lipinski definition) is 10. The Morgan fingerprint density at radius 2 is 1.56 bits per heavy atom. The lowest BCUT2D eigenvalue weighted by Crippen LogP contribution is -2.54. The van der Waals surface area contributed by atoms with Gasteiger partial charge in [-0.3, -0.25) is 39.0 Å². The van der Waals surface area contributed by atoms with Crippen LogP contribution in [0.2, 0.25) is 0 Å². The first-order chi connectivity index (χ1) is 19.5. The fourth-order valence-corrected chi connectivity index (χ4v) is 3.98. The second kappa shape index (κ2) is 14.7. The number of amides is 6. The quantitative estimate of drug-likeness (QED) is 0.183. The smallest absolute Gasteiger partial charge is 0.266 e. The van der Waals surface area contributed by atoms with Crippen LogP contribution in [-0.2, 0) is 33.4 Å². The molecule has 1 unspecified atom stereocenters. The first-order valence-corrected chi connectivity index (χ1v) is 13.3. The van der Waals surface area contributed by atoms with Crippen LogP contribution < -0.4 is 20.7 Å². The Balaban J connectivity index is 1.30. The lowest BCUT2D eigenvalue weighted by atomic mass is 10.0.